The highest BCUT2D eigenvalue weighted by atomic mass is 127. The minimum atomic E-state index is 0. The van der Waals surface area contributed by atoms with Gasteiger partial charge in [0.25, 0.3) is 0 Å². The number of pyridine rings is 1. The van der Waals surface area contributed by atoms with E-state index in [4.69, 9.17) is 4.74 Å². The summed E-state index contributed by atoms with van der Waals surface area (Å²) < 4.78 is 5.04. The Morgan fingerprint density at radius 2 is 2.35 bits per heavy atom. The van der Waals surface area contributed by atoms with Gasteiger partial charge < -0.3 is 15.4 Å². The molecule has 2 N–H and O–H groups in total. The highest BCUT2D eigenvalue weighted by Gasteiger charge is 2.03. The molecule has 0 saturated heterocycles. The molecule has 0 spiro atoms. The first-order chi connectivity index (χ1) is 7.88. The van der Waals surface area contributed by atoms with E-state index in [1.54, 1.807) is 13.3 Å². The molecule has 1 aromatic heterocycles. The van der Waals surface area contributed by atoms with Crippen molar-refractivity contribution in [2.45, 2.75) is 13.0 Å². The molecule has 1 aliphatic heterocycles. The second-order valence-corrected chi connectivity index (χ2v) is 3.55. The minimum Gasteiger partial charge on any atom is -0.495 e. The van der Waals surface area contributed by atoms with Gasteiger partial charge in [-0.05, 0) is 18.6 Å². The lowest BCUT2D eigenvalue weighted by Crippen LogP contribution is -2.40. The van der Waals surface area contributed by atoms with Crippen molar-refractivity contribution in [2.24, 2.45) is 4.99 Å². The van der Waals surface area contributed by atoms with Gasteiger partial charge in [0.05, 0.1) is 25.5 Å². The predicted molar refractivity (Wildman–Crippen MR) is 78.0 cm³/mol. The number of aliphatic imine (C=N–C) groups is 1. The van der Waals surface area contributed by atoms with Gasteiger partial charge in [-0.1, -0.05) is 0 Å². The van der Waals surface area contributed by atoms with Gasteiger partial charge in [-0.2, -0.15) is 0 Å². The number of methoxy groups -OCH3 is 1. The van der Waals surface area contributed by atoms with E-state index >= 15 is 0 Å². The van der Waals surface area contributed by atoms with Crippen LogP contribution < -0.4 is 15.4 Å². The first kappa shape index (κ1) is 14.0. The third-order valence-corrected chi connectivity index (χ3v) is 2.37. The Bertz CT molecular complexity index is 366. The van der Waals surface area contributed by atoms with E-state index in [1.807, 2.05) is 12.1 Å². The molecule has 2 heterocycles. The molecule has 2 rings (SSSR count). The number of rotatable bonds is 3. The fourth-order valence-electron chi connectivity index (χ4n) is 1.46. The molecule has 0 atom stereocenters. The quantitative estimate of drug-likeness (QED) is 0.805. The number of guanidine groups is 1. The van der Waals surface area contributed by atoms with Crippen LogP contribution in [0.25, 0.3) is 0 Å². The van der Waals surface area contributed by atoms with Crippen LogP contribution in [0.2, 0.25) is 0 Å². The molecule has 0 amide bonds. The third kappa shape index (κ3) is 4.37. The van der Waals surface area contributed by atoms with Crippen LogP contribution in [0.1, 0.15) is 12.1 Å². The Morgan fingerprint density at radius 1 is 1.47 bits per heavy atom. The maximum Gasteiger partial charge on any atom is 0.191 e. The van der Waals surface area contributed by atoms with E-state index in [9.17, 15) is 0 Å². The lowest BCUT2D eigenvalue weighted by molar-refractivity contribution is 0.412. The molecule has 6 heteroatoms. The summed E-state index contributed by atoms with van der Waals surface area (Å²) in [5, 5.41) is 6.41. The zero-order valence-corrected chi connectivity index (χ0v) is 12.1. The Labute approximate surface area is 118 Å². The Hall–Kier alpha value is -1.05. The Kier molecular flexibility index (Phi) is 6.03. The highest BCUT2D eigenvalue weighted by Crippen LogP contribution is 2.07. The highest BCUT2D eigenvalue weighted by molar-refractivity contribution is 14.0. The fraction of sp³-hybridized carbons (Fsp3) is 0.455. The molecular weight excluding hydrogens is 331 g/mol. The lowest BCUT2D eigenvalue weighted by Gasteiger charge is -2.15. The lowest BCUT2D eigenvalue weighted by atomic mass is 10.3. The average Bonchev–Trinajstić information content (AvgIpc) is 2.38. The smallest absolute Gasteiger partial charge is 0.191 e. The van der Waals surface area contributed by atoms with E-state index in [1.165, 1.54) is 0 Å². The van der Waals surface area contributed by atoms with Crippen molar-refractivity contribution in [1.82, 2.24) is 15.6 Å². The van der Waals surface area contributed by atoms with Crippen molar-refractivity contribution >= 4 is 29.9 Å². The van der Waals surface area contributed by atoms with Crippen molar-refractivity contribution in [3.05, 3.63) is 24.0 Å². The van der Waals surface area contributed by atoms with Crippen LogP contribution in [0.3, 0.4) is 0 Å². The van der Waals surface area contributed by atoms with Gasteiger partial charge in [0.2, 0.25) is 0 Å². The first-order valence-corrected chi connectivity index (χ1v) is 5.39. The average molecular weight is 348 g/mol. The molecule has 1 aromatic rings. The topological polar surface area (TPSA) is 58.5 Å². The Balaban J connectivity index is 0.00000144. The van der Waals surface area contributed by atoms with Gasteiger partial charge in [-0.3, -0.25) is 9.98 Å². The molecule has 0 unspecified atom stereocenters. The van der Waals surface area contributed by atoms with E-state index < -0.39 is 0 Å². The molecule has 0 aliphatic carbocycles. The second kappa shape index (κ2) is 7.31. The number of hydrogen-bond acceptors (Lipinski definition) is 5. The SMILES string of the molecule is COc1ccc(CNC2=NCCCN2)nc1.I. The zero-order chi connectivity index (χ0) is 11.2. The van der Waals surface area contributed by atoms with Crippen LogP contribution in [0.5, 0.6) is 5.75 Å². The monoisotopic (exact) mass is 348 g/mol. The standard InChI is InChI=1S/C11H16N4O.HI/c1-16-10-4-3-9(14-8-10)7-15-11-12-5-2-6-13-11;/h3-4,8H,2,5-7H2,1H3,(H2,12,13,15);1H. The summed E-state index contributed by atoms with van der Waals surface area (Å²) in [5.74, 6) is 1.64. The second-order valence-electron chi connectivity index (χ2n) is 3.55. The number of ether oxygens (including phenoxy) is 1. The van der Waals surface area contributed by atoms with Gasteiger partial charge >= 0.3 is 0 Å². The molecule has 17 heavy (non-hydrogen) atoms. The van der Waals surface area contributed by atoms with Crippen molar-refractivity contribution in [2.75, 3.05) is 20.2 Å². The van der Waals surface area contributed by atoms with Crippen LogP contribution in [0, 0.1) is 0 Å². The number of hydrogen-bond donors (Lipinski definition) is 2. The third-order valence-electron chi connectivity index (χ3n) is 2.37. The molecule has 0 radical (unpaired) electrons. The molecule has 1 aliphatic rings. The summed E-state index contributed by atoms with van der Waals surface area (Å²) in [6, 6.07) is 3.84. The molecule has 0 saturated carbocycles. The van der Waals surface area contributed by atoms with E-state index in [2.05, 4.69) is 20.6 Å². The molecular formula is C11H17IN4O. The van der Waals surface area contributed by atoms with Gasteiger partial charge in [-0.15, -0.1) is 24.0 Å². The van der Waals surface area contributed by atoms with Crippen LogP contribution in [0.15, 0.2) is 23.3 Å². The molecule has 0 bridgehead atoms. The summed E-state index contributed by atoms with van der Waals surface area (Å²) >= 11 is 0. The number of nitrogens with one attached hydrogen (secondary N) is 2. The van der Waals surface area contributed by atoms with Crippen molar-refractivity contribution in [3.8, 4) is 5.75 Å². The van der Waals surface area contributed by atoms with E-state index in [0.29, 0.717) is 6.54 Å². The van der Waals surface area contributed by atoms with E-state index in [-0.39, 0.29) is 24.0 Å². The van der Waals surface area contributed by atoms with Crippen molar-refractivity contribution < 1.29 is 4.74 Å². The van der Waals surface area contributed by atoms with Crippen LogP contribution in [-0.2, 0) is 6.54 Å². The normalized spacial score (nSPS) is 14.1. The molecule has 0 aromatic carbocycles. The van der Waals surface area contributed by atoms with Crippen LogP contribution in [0.4, 0.5) is 0 Å². The summed E-state index contributed by atoms with van der Waals surface area (Å²) in [4.78, 5) is 8.58. The van der Waals surface area contributed by atoms with Crippen LogP contribution in [-0.4, -0.2) is 31.1 Å². The van der Waals surface area contributed by atoms with Gasteiger partial charge in [0, 0.05) is 13.1 Å². The number of aromatic nitrogens is 1. The largest absolute Gasteiger partial charge is 0.495 e. The maximum atomic E-state index is 5.04. The maximum absolute atomic E-state index is 5.04. The van der Waals surface area contributed by atoms with Crippen molar-refractivity contribution in [3.63, 3.8) is 0 Å². The predicted octanol–water partition coefficient (Wildman–Crippen LogP) is 1.15. The summed E-state index contributed by atoms with van der Waals surface area (Å²) in [5.41, 5.74) is 0.968. The molecule has 94 valence electrons. The van der Waals surface area contributed by atoms with Gasteiger partial charge in [0.15, 0.2) is 5.96 Å². The van der Waals surface area contributed by atoms with Gasteiger partial charge in [0.1, 0.15) is 5.75 Å². The molecule has 5 nitrogen and oxygen atoms in total. The fourth-order valence-corrected chi connectivity index (χ4v) is 1.46. The Morgan fingerprint density at radius 3 is 2.94 bits per heavy atom. The minimum absolute atomic E-state index is 0. The molecule has 0 fully saturated rings. The van der Waals surface area contributed by atoms with Crippen LogP contribution >= 0.6 is 24.0 Å². The summed E-state index contributed by atoms with van der Waals surface area (Å²) in [6.45, 7) is 2.56. The van der Waals surface area contributed by atoms with Crippen molar-refractivity contribution in [1.29, 1.82) is 0 Å². The number of halogens is 1. The van der Waals surface area contributed by atoms with Gasteiger partial charge in [-0.25, -0.2) is 0 Å². The summed E-state index contributed by atoms with van der Waals surface area (Å²) in [7, 11) is 1.63. The summed E-state index contributed by atoms with van der Waals surface area (Å²) in [6.07, 6.45) is 2.82. The van der Waals surface area contributed by atoms with E-state index in [0.717, 1.165) is 36.9 Å². The number of nitrogens with zero attached hydrogens (tertiary/aromatic N) is 2. The first-order valence-electron chi connectivity index (χ1n) is 5.39. The zero-order valence-electron chi connectivity index (χ0n) is 9.77.